The molecule has 1 saturated carbocycles. The molecule has 2 nitrogen and oxygen atoms in total. The molecule has 0 heterocycles. The van der Waals surface area contributed by atoms with Gasteiger partial charge < -0.3 is 0 Å². The first-order chi connectivity index (χ1) is 9.16. The molecule has 0 spiro atoms. The van der Waals surface area contributed by atoms with Crippen LogP contribution in [-0.2, 0) is 16.0 Å². The first kappa shape index (κ1) is 12.1. The zero-order valence-corrected chi connectivity index (χ0v) is 11.0. The van der Waals surface area contributed by atoms with Crippen molar-refractivity contribution < 1.29 is 9.59 Å². The predicted molar refractivity (Wildman–Crippen MR) is 75.1 cm³/mol. The molecule has 2 aromatic rings. The zero-order valence-electron chi connectivity index (χ0n) is 11.0. The van der Waals surface area contributed by atoms with Crippen LogP contribution in [0.1, 0.15) is 24.0 Å². The largest absolute Gasteiger partial charge is 0.299 e. The van der Waals surface area contributed by atoms with Crippen LogP contribution in [0, 0.1) is 12.8 Å². The topological polar surface area (TPSA) is 34.1 Å². The summed E-state index contributed by atoms with van der Waals surface area (Å²) < 4.78 is 0. The number of fused-ring (bicyclic) bond motifs is 1. The highest BCUT2D eigenvalue weighted by Crippen LogP contribution is 2.27. The van der Waals surface area contributed by atoms with E-state index in [4.69, 9.17) is 0 Å². The molecule has 0 amide bonds. The smallest absolute Gasteiger partial charge is 0.144 e. The van der Waals surface area contributed by atoms with Gasteiger partial charge in [-0.1, -0.05) is 36.4 Å². The Morgan fingerprint density at radius 2 is 1.68 bits per heavy atom. The number of rotatable bonds is 2. The molecule has 0 bridgehead atoms. The number of ketones is 2. The van der Waals surface area contributed by atoms with Crippen LogP contribution < -0.4 is 0 Å². The van der Waals surface area contributed by atoms with Gasteiger partial charge in [-0.3, -0.25) is 9.59 Å². The Hall–Kier alpha value is -1.96. The van der Waals surface area contributed by atoms with Crippen molar-refractivity contribution in [2.24, 2.45) is 5.92 Å². The second kappa shape index (κ2) is 4.61. The van der Waals surface area contributed by atoms with Crippen LogP contribution in [-0.4, -0.2) is 11.6 Å². The molecule has 0 radical (unpaired) electrons. The molecule has 0 N–H and O–H groups in total. The molecule has 3 rings (SSSR count). The average Bonchev–Trinajstić information content (AvgIpc) is 2.74. The Morgan fingerprint density at radius 1 is 1.00 bits per heavy atom. The molecule has 0 aliphatic heterocycles. The lowest BCUT2D eigenvalue weighted by Crippen LogP contribution is -2.17. The lowest BCUT2D eigenvalue weighted by molar-refractivity contribution is -0.127. The Morgan fingerprint density at radius 3 is 2.42 bits per heavy atom. The van der Waals surface area contributed by atoms with Crippen LogP contribution in [0.5, 0.6) is 0 Å². The normalized spacial score (nSPS) is 16.5. The van der Waals surface area contributed by atoms with Gasteiger partial charge in [0.15, 0.2) is 0 Å². The Bertz CT molecular complexity index is 654. The summed E-state index contributed by atoms with van der Waals surface area (Å²) in [5, 5.41) is 2.41. The number of Topliss-reactive ketones (excluding diaryl/α,β-unsaturated/α-hetero) is 2. The van der Waals surface area contributed by atoms with Crippen molar-refractivity contribution in [2.45, 2.75) is 26.2 Å². The Kier molecular flexibility index (Phi) is 2.94. The van der Waals surface area contributed by atoms with Crippen molar-refractivity contribution in [3.05, 3.63) is 47.5 Å². The van der Waals surface area contributed by atoms with Crippen LogP contribution in [0.2, 0.25) is 0 Å². The fourth-order valence-electron chi connectivity index (χ4n) is 2.92. The van der Waals surface area contributed by atoms with Gasteiger partial charge in [-0.15, -0.1) is 0 Å². The minimum absolute atomic E-state index is 0.109. The molecule has 1 aliphatic rings. The summed E-state index contributed by atoms with van der Waals surface area (Å²) >= 11 is 0. The first-order valence-corrected chi connectivity index (χ1v) is 6.69. The maximum Gasteiger partial charge on any atom is 0.144 e. The van der Waals surface area contributed by atoms with E-state index in [9.17, 15) is 9.59 Å². The third-order valence-electron chi connectivity index (χ3n) is 4.13. The van der Waals surface area contributed by atoms with E-state index in [-0.39, 0.29) is 11.6 Å². The van der Waals surface area contributed by atoms with Crippen LogP contribution in [0.4, 0.5) is 0 Å². The van der Waals surface area contributed by atoms with E-state index in [2.05, 4.69) is 31.2 Å². The zero-order chi connectivity index (χ0) is 13.4. The second-order valence-electron chi connectivity index (χ2n) is 5.26. The van der Waals surface area contributed by atoms with Gasteiger partial charge in [0.2, 0.25) is 0 Å². The molecule has 1 aliphatic carbocycles. The molecule has 0 saturated heterocycles. The van der Waals surface area contributed by atoms with Crippen LogP contribution in [0.15, 0.2) is 36.4 Å². The summed E-state index contributed by atoms with van der Waals surface area (Å²) in [6.45, 7) is 2.07. The van der Waals surface area contributed by atoms with Gasteiger partial charge in [-0.2, -0.15) is 0 Å². The number of aryl methyl sites for hydroxylation is 1. The second-order valence-corrected chi connectivity index (χ2v) is 5.26. The third kappa shape index (κ3) is 2.07. The van der Waals surface area contributed by atoms with Gasteiger partial charge in [0.25, 0.3) is 0 Å². The lowest BCUT2D eigenvalue weighted by Gasteiger charge is -2.12. The molecule has 0 unspecified atom stereocenters. The standard InChI is InChI=1S/C17H16O2/c1-11-13(10-15-16(18)8-9-17(15)19)7-6-12-4-2-3-5-14(11)12/h2-7,15H,8-10H2,1H3. The number of hydrogen-bond acceptors (Lipinski definition) is 2. The van der Waals surface area contributed by atoms with E-state index < -0.39 is 5.92 Å². The van der Waals surface area contributed by atoms with Crippen LogP contribution in [0.3, 0.4) is 0 Å². The van der Waals surface area contributed by atoms with Gasteiger partial charge in [-0.05, 0) is 35.2 Å². The quantitative estimate of drug-likeness (QED) is 0.769. The minimum Gasteiger partial charge on any atom is -0.299 e. The summed E-state index contributed by atoms with van der Waals surface area (Å²) in [7, 11) is 0. The SMILES string of the molecule is Cc1c(CC2C(=O)CCC2=O)ccc2ccccc12. The lowest BCUT2D eigenvalue weighted by atomic mass is 9.91. The van der Waals surface area contributed by atoms with Crippen molar-refractivity contribution in [2.75, 3.05) is 0 Å². The van der Waals surface area contributed by atoms with Gasteiger partial charge in [0.1, 0.15) is 11.6 Å². The monoisotopic (exact) mass is 252 g/mol. The summed E-state index contributed by atoms with van der Waals surface area (Å²) in [6, 6.07) is 12.3. The average molecular weight is 252 g/mol. The highest BCUT2D eigenvalue weighted by Gasteiger charge is 2.32. The van der Waals surface area contributed by atoms with Gasteiger partial charge >= 0.3 is 0 Å². The fraction of sp³-hybridized carbons (Fsp3) is 0.294. The van der Waals surface area contributed by atoms with E-state index in [0.717, 1.165) is 5.56 Å². The molecule has 0 atom stereocenters. The van der Waals surface area contributed by atoms with E-state index >= 15 is 0 Å². The van der Waals surface area contributed by atoms with Crippen molar-refractivity contribution in [1.29, 1.82) is 0 Å². The highest BCUT2D eigenvalue weighted by atomic mass is 16.2. The molecular formula is C17H16O2. The van der Waals surface area contributed by atoms with Gasteiger partial charge in [-0.25, -0.2) is 0 Å². The van der Waals surface area contributed by atoms with Gasteiger partial charge in [0, 0.05) is 12.8 Å². The Balaban J connectivity index is 1.99. The van der Waals surface area contributed by atoms with Crippen molar-refractivity contribution in [1.82, 2.24) is 0 Å². The maximum absolute atomic E-state index is 11.7. The highest BCUT2D eigenvalue weighted by molar-refractivity contribution is 6.08. The molecule has 0 aromatic heterocycles. The maximum atomic E-state index is 11.7. The van der Waals surface area contributed by atoms with E-state index in [0.29, 0.717) is 19.3 Å². The summed E-state index contributed by atoms with van der Waals surface area (Å²) in [4.78, 5) is 23.5. The fourth-order valence-corrected chi connectivity index (χ4v) is 2.92. The van der Waals surface area contributed by atoms with Crippen LogP contribution >= 0.6 is 0 Å². The predicted octanol–water partition coefficient (Wildman–Crippen LogP) is 3.24. The Labute approximate surface area is 112 Å². The summed E-state index contributed by atoms with van der Waals surface area (Å²) in [5.74, 6) is -0.185. The number of benzene rings is 2. The number of carbonyl (C=O) groups excluding carboxylic acids is 2. The molecule has 1 fully saturated rings. The molecule has 19 heavy (non-hydrogen) atoms. The first-order valence-electron chi connectivity index (χ1n) is 6.69. The molecule has 2 heteroatoms. The van der Waals surface area contributed by atoms with Crippen molar-refractivity contribution in [3.8, 4) is 0 Å². The van der Waals surface area contributed by atoms with Crippen LogP contribution in [0.25, 0.3) is 10.8 Å². The van der Waals surface area contributed by atoms with E-state index in [1.165, 1.54) is 16.3 Å². The van der Waals surface area contributed by atoms with E-state index in [1.807, 2.05) is 12.1 Å². The van der Waals surface area contributed by atoms with Crippen molar-refractivity contribution in [3.63, 3.8) is 0 Å². The molecule has 96 valence electrons. The molecule has 2 aromatic carbocycles. The molecular weight excluding hydrogens is 236 g/mol. The number of carbonyl (C=O) groups is 2. The van der Waals surface area contributed by atoms with E-state index in [1.54, 1.807) is 0 Å². The third-order valence-corrected chi connectivity index (χ3v) is 4.13. The number of hydrogen-bond donors (Lipinski definition) is 0. The minimum atomic E-state index is -0.403. The summed E-state index contributed by atoms with van der Waals surface area (Å²) in [5.41, 5.74) is 2.30. The van der Waals surface area contributed by atoms with Crippen molar-refractivity contribution >= 4 is 22.3 Å². The van der Waals surface area contributed by atoms with Gasteiger partial charge in [0.05, 0.1) is 5.92 Å². The summed E-state index contributed by atoms with van der Waals surface area (Å²) in [6.07, 6.45) is 1.42.